The topological polar surface area (TPSA) is 74.1 Å². The van der Waals surface area contributed by atoms with Gasteiger partial charge in [0.2, 0.25) is 5.91 Å². The molecule has 1 N–H and O–H groups in total. The van der Waals surface area contributed by atoms with Crippen molar-refractivity contribution in [1.82, 2.24) is 4.90 Å². The van der Waals surface area contributed by atoms with Crippen molar-refractivity contribution < 1.29 is 18.4 Å². The van der Waals surface area contributed by atoms with Gasteiger partial charge in [0.15, 0.2) is 5.17 Å². The number of nitrogens with zero attached hydrogens (tertiary/aromatic N) is 3. The number of amides is 2. The van der Waals surface area contributed by atoms with Crippen LogP contribution in [0.25, 0.3) is 0 Å². The number of hydrogen-bond donors (Lipinski definition) is 1. The first-order chi connectivity index (χ1) is 16.5. The van der Waals surface area contributed by atoms with Crippen molar-refractivity contribution in [2.75, 3.05) is 11.1 Å². The highest BCUT2D eigenvalue weighted by Gasteiger charge is 2.41. The largest absolute Gasteiger partial charge is 0.323 e. The molecule has 9 heteroatoms. The number of hydrogen-bond acceptors (Lipinski definition) is 5. The van der Waals surface area contributed by atoms with Gasteiger partial charge in [0.1, 0.15) is 23.5 Å². The maximum absolute atomic E-state index is 13.9. The lowest BCUT2D eigenvalue weighted by atomic mass is 10.1. The van der Waals surface area contributed by atoms with E-state index in [-0.39, 0.29) is 17.3 Å². The molecular weight excluding hydrogens is 458 g/mol. The smallest absolute Gasteiger partial charge is 0.259 e. The van der Waals surface area contributed by atoms with Crippen LogP contribution in [0.4, 0.5) is 20.2 Å². The molecule has 0 aromatic heterocycles. The van der Waals surface area contributed by atoms with Crippen LogP contribution in [-0.2, 0) is 16.0 Å². The third-order valence-electron chi connectivity index (χ3n) is 5.35. The van der Waals surface area contributed by atoms with Crippen LogP contribution in [0.1, 0.15) is 11.1 Å². The second-order valence-electron chi connectivity index (χ2n) is 7.70. The van der Waals surface area contributed by atoms with Crippen LogP contribution in [0.5, 0.6) is 0 Å². The molecule has 34 heavy (non-hydrogen) atoms. The number of carbonyl (C=O) groups is 2. The number of rotatable bonds is 5. The number of para-hydroxylation sites is 1. The Morgan fingerprint density at radius 1 is 1.03 bits per heavy atom. The molecule has 5 rings (SSSR count). The minimum absolute atomic E-state index is 0.155. The average Bonchev–Trinajstić information content (AvgIpc) is 3.17. The number of halogens is 2. The van der Waals surface area contributed by atoms with Crippen molar-refractivity contribution in [3.63, 3.8) is 0 Å². The van der Waals surface area contributed by atoms with Gasteiger partial charge in [-0.15, -0.1) is 0 Å². The normalized spacial score (nSPS) is 16.5. The molecule has 1 atom stereocenters. The summed E-state index contributed by atoms with van der Waals surface area (Å²) >= 11 is 1.03. The lowest BCUT2D eigenvalue weighted by molar-refractivity contribution is -0.124. The summed E-state index contributed by atoms with van der Waals surface area (Å²) in [5.74, 6) is -1.84. The van der Waals surface area contributed by atoms with Crippen molar-refractivity contribution in [3.05, 3.63) is 95.6 Å². The minimum atomic E-state index is -0.739. The zero-order valence-corrected chi connectivity index (χ0v) is 18.6. The zero-order chi connectivity index (χ0) is 23.7. The average molecular weight is 477 g/mol. The van der Waals surface area contributed by atoms with Gasteiger partial charge in [0.25, 0.3) is 5.91 Å². The number of thioether (sulfide) groups is 1. The number of amidine groups is 2. The molecule has 3 aromatic carbocycles. The van der Waals surface area contributed by atoms with Crippen molar-refractivity contribution in [1.29, 1.82) is 0 Å². The van der Waals surface area contributed by atoms with Crippen LogP contribution in [0.2, 0.25) is 0 Å². The number of anilines is 1. The van der Waals surface area contributed by atoms with E-state index < -0.39 is 23.6 Å². The van der Waals surface area contributed by atoms with Crippen LogP contribution >= 0.6 is 11.8 Å². The molecule has 0 bridgehead atoms. The van der Waals surface area contributed by atoms with Crippen molar-refractivity contribution >= 4 is 46.0 Å². The van der Waals surface area contributed by atoms with Crippen LogP contribution in [0.3, 0.4) is 0 Å². The number of carbonyl (C=O) groups excluding carboxylic acids is 2. The summed E-state index contributed by atoms with van der Waals surface area (Å²) < 4.78 is 27.3. The number of fused-ring (bicyclic) bond motifs is 3. The van der Waals surface area contributed by atoms with E-state index in [9.17, 15) is 18.4 Å². The van der Waals surface area contributed by atoms with Crippen molar-refractivity contribution in [3.8, 4) is 0 Å². The van der Waals surface area contributed by atoms with Crippen molar-refractivity contribution in [2.45, 2.75) is 12.5 Å². The Bertz CT molecular complexity index is 1340. The molecule has 0 radical (unpaired) electrons. The molecule has 3 aromatic rings. The van der Waals surface area contributed by atoms with Gasteiger partial charge in [-0.3, -0.25) is 14.6 Å². The Kier molecular flexibility index (Phi) is 5.93. The van der Waals surface area contributed by atoms with Crippen LogP contribution < -0.4 is 5.32 Å². The van der Waals surface area contributed by atoms with E-state index in [2.05, 4.69) is 10.3 Å². The molecular formula is C25H18F2N4O2S. The molecule has 0 fully saturated rings. The second-order valence-corrected chi connectivity index (χ2v) is 8.65. The first-order valence-electron chi connectivity index (χ1n) is 10.5. The van der Waals surface area contributed by atoms with Crippen molar-refractivity contribution in [2.24, 2.45) is 9.98 Å². The first-order valence-corrected chi connectivity index (χ1v) is 11.5. The van der Waals surface area contributed by atoms with Gasteiger partial charge in [0, 0.05) is 18.1 Å². The molecule has 2 heterocycles. The maximum atomic E-state index is 13.9. The number of aliphatic imine (C=N–C) groups is 2. The third-order valence-corrected chi connectivity index (χ3v) is 6.29. The Hall–Kier alpha value is -3.85. The molecule has 2 aliphatic heterocycles. The minimum Gasteiger partial charge on any atom is -0.323 e. The Balaban J connectivity index is 1.37. The van der Waals surface area contributed by atoms with Crippen LogP contribution in [0.15, 0.2) is 82.8 Å². The highest BCUT2D eigenvalue weighted by Crippen LogP contribution is 2.34. The van der Waals surface area contributed by atoms with Crippen LogP contribution in [0, 0.1) is 11.6 Å². The van der Waals surface area contributed by atoms with Gasteiger partial charge >= 0.3 is 0 Å². The summed E-state index contributed by atoms with van der Waals surface area (Å²) in [5.41, 5.74) is 2.12. The van der Waals surface area contributed by atoms with Gasteiger partial charge in [-0.1, -0.05) is 54.2 Å². The van der Waals surface area contributed by atoms with Gasteiger partial charge in [0.05, 0.1) is 17.1 Å². The van der Waals surface area contributed by atoms with E-state index in [0.717, 1.165) is 41.1 Å². The van der Waals surface area contributed by atoms with E-state index >= 15 is 0 Å². The lowest BCUT2D eigenvalue weighted by Crippen LogP contribution is -2.41. The molecule has 0 aliphatic carbocycles. The molecule has 2 aliphatic rings. The summed E-state index contributed by atoms with van der Waals surface area (Å²) in [4.78, 5) is 36.5. The molecule has 0 unspecified atom stereocenters. The molecule has 0 saturated heterocycles. The molecule has 0 spiro atoms. The zero-order valence-electron chi connectivity index (χ0n) is 17.7. The molecule has 170 valence electrons. The SMILES string of the molecule is O=C(CSC1=Nc2ccccc2C2=N[C@@H](Cc3ccccc3)C(=O)N12)Nc1cc(F)ccc1F. The van der Waals surface area contributed by atoms with Gasteiger partial charge in [-0.05, 0) is 29.8 Å². The monoisotopic (exact) mass is 476 g/mol. The fourth-order valence-electron chi connectivity index (χ4n) is 3.78. The van der Waals surface area contributed by atoms with E-state index in [1.807, 2.05) is 54.6 Å². The summed E-state index contributed by atoms with van der Waals surface area (Å²) in [6, 6.07) is 19.2. The van der Waals surface area contributed by atoms with Gasteiger partial charge in [-0.25, -0.2) is 18.7 Å². The lowest BCUT2D eigenvalue weighted by Gasteiger charge is -2.25. The molecule has 2 amide bonds. The number of nitrogens with one attached hydrogen (secondary N) is 1. The fraction of sp³-hybridized carbons (Fsp3) is 0.120. The van der Waals surface area contributed by atoms with Crippen LogP contribution in [-0.4, -0.2) is 39.5 Å². The Morgan fingerprint density at radius 2 is 1.79 bits per heavy atom. The van der Waals surface area contributed by atoms with E-state index in [4.69, 9.17) is 4.99 Å². The fourth-order valence-corrected chi connectivity index (χ4v) is 4.58. The molecule has 0 saturated carbocycles. The summed E-state index contributed by atoms with van der Waals surface area (Å²) in [5, 5.41) is 2.67. The highest BCUT2D eigenvalue weighted by atomic mass is 32.2. The van der Waals surface area contributed by atoms with E-state index in [1.165, 1.54) is 4.90 Å². The number of benzene rings is 3. The van der Waals surface area contributed by atoms with Gasteiger partial charge < -0.3 is 5.32 Å². The first kappa shape index (κ1) is 22.0. The Labute approximate surface area is 198 Å². The second kappa shape index (κ2) is 9.18. The predicted molar refractivity (Wildman–Crippen MR) is 128 cm³/mol. The highest BCUT2D eigenvalue weighted by molar-refractivity contribution is 8.14. The van der Waals surface area contributed by atoms with E-state index in [0.29, 0.717) is 23.1 Å². The quantitative estimate of drug-likeness (QED) is 0.588. The third kappa shape index (κ3) is 4.34. The molecule has 6 nitrogen and oxygen atoms in total. The summed E-state index contributed by atoms with van der Waals surface area (Å²) in [6.07, 6.45) is 0.444. The predicted octanol–water partition coefficient (Wildman–Crippen LogP) is 4.54. The maximum Gasteiger partial charge on any atom is 0.259 e. The van der Waals surface area contributed by atoms with Gasteiger partial charge in [-0.2, -0.15) is 0 Å². The summed E-state index contributed by atoms with van der Waals surface area (Å²) in [6.45, 7) is 0. The van der Waals surface area contributed by atoms with E-state index in [1.54, 1.807) is 0 Å². The Morgan fingerprint density at radius 3 is 2.62 bits per heavy atom. The summed E-state index contributed by atoms with van der Waals surface area (Å²) in [7, 11) is 0. The standard InChI is InChI=1S/C25H18F2N4O2S/c26-16-10-11-18(27)20(13-16)28-22(32)14-34-25-30-19-9-5-4-8-17(19)23-29-21(24(33)31(23)25)12-15-6-2-1-3-7-15/h1-11,13,21H,12,14H2,(H,28,32)/t21-/m0/s1.